The molecule has 0 bridgehead atoms. The molecule has 1 atom stereocenters. The minimum absolute atomic E-state index is 0.0613. The lowest BCUT2D eigenvalue weighted by Crippen LogP contribution is -2.34. The van der Waals surface area contributed by atoms with E-state index in [2.05, 4.69) is 21.2 Å². The molecule has 0 fully saturated rings. The van der Waals surface area contributed by atoms with E-state index < -0.39 is 17.8 Å². The number of rotatable bonds is 4. The van der Waals surface area contributed by atoms with Crippen molar-refractivity contribution >= 4 is 21.8 Å². The van der Waals surface area contributed by atoms with Crippen LogP contribution in [0.1, 0.15) is 24.2 Å². The van der Waals surface area contributed by atoms with Crippen molar-refractivity contribution in [1.29, 1.82) is 0 Å². The number of aliphatic hydroxyl groups is 1. The van der Waals surface area contributed by atoms with E-state index in [0.717, 1.165) is 6.07 Å². The molecule has 0 spiro atoms. The van der Waals surface area contributed by atoms with Crippen molar-refractivity contribution < 1.29 is 14.3 Å². The van der Waals surface area contributed by atoms with Gasteiger partial charge in [-0.2, -0.15) is 0 Å². The third-order valence-corrected chi connectivity index (χ3v) is 3.11. The van der Waals surface area contributed by atoms with Gasteiger partial charge in [-0.3, -0.25) is 4.79 Å². The van der Waals surface area contributed by atoms with Crippen LogP contribution in [0.5, 0.6) is 0 Å². The average molecular weight is 304 g/mol. The molecule has 94 valence electrons. The molecule has 0 aliphatic heterocycles. The van der Waals surface area contributed by atoms with Gasteiger partial charge in [0.25, 0.3) is 5.91 Å². The summed E-state index contributed by atoms with van der Waals surface area (Å²) in [6, 6.07) is 3.90. The summed E-state index contributed by atoms with van der Waals surface area (Å²) in [5, 5.41) is 12.1. The highest BCUT2D eigenvalue weighted by molar-refractivity contribution is 9.10. The van der Waals surface area contributed by atoms with Gasteiger partial charge in [0.05, 0.1) is 11.7 Å². The van der Waals surface area contributed by atoms with Crippen LogP contribution in [0.2, 0.25) is 0 Å². The fourth-order valence-corrected chi connectivity index (χ4v) is 1.63. The third kappa shape index (κ3) is 4.09. The first kappa shape index (κ1) is 14.1. The predicted octanol–water partition coefficient (Wildman–Crippen LogP) is 2.33. The third-order valence-electron chi connectivity index (χ3n) is 2.41. The zero-order valence-electron chi connectivity index (χ0n) is 9.71. The summed E-state index contributed by atoms with van der Waals surface area (Å²) in [4.78, 5) is 11.7. The molecular weight excluding hydrogens is 289 g/mol. The summed E-state index contributed by atoms with van der Waals surface area (Å²) in [7, 11) is 0. The summed E-state index contributed by atoms with van der Waals surface area (Å²) in [5.41, 5.74) is 0.223. The summed E-state index contributed by atoms with van der Waals surface area (Å²) < 4.78 is 13.5. The lowest BCUT2D eigenvalue weighted by molar-refractivity contribution is 0.0870. The highest BCUT2D eigenvalue weighted by Gasteiger charge is 2.14. The molecule has 0 radical (unpaired) electrons. The highest BCUT2D eigenvalue weighted by atomic mass is 79.9. The van der Waals surface area contributed by atoms with Crippen molar-refractivity contribution in [2.45, 2.75) is 20.0 Å². The van der Waals surface area contributed by atoms with Gasteiger partial charge in [-0.15, -0.1) is 0 Å². The Labute approximate surface area is 108 Å². The number of aliphatic hydroxyl groups excluding tert-OH is 1. The molecule has 5 heteroatoms. The second-order valence-electron chi connectivity index (χ2n) is 4.15. The van der Waals surface area contributed by atoms with Crippen LogP contribution in [-0.2, 0) is 0 Å². The molecule has 0 aromatic heterocycles. The molecule has 1 aromatic rings. The number of hydrogen-bond donors (Lipinski definition) is 2. The standard InChI is InChI=1S/C12H15BrFNO2/c1-7(2)11(16)6-15-12(17)9-5-8(14)3-4-10(9)13/h3-5,7,11,16H,6H2,1-2H3,(H,15,17). The molecule has 0 saturated carbocycles. The van der Waals surface area contributed by atoms with Crippen LogP contribution in [0, 0.1) is 11.7 Å². The van der Waals surface area contributed by atoms with E-state index in [9.17, 15) is 14.3 Å². The number of hydrogen-bond acceptors (Lipinski definition) is 2. The van der Waals surface area contributed by atoms with E-state index in [-0.39, 0.29) is 18.0 Å². The summed E-state index contributed by atoms with van der Waals surface area (Å²) in [6.07, 6.45) is -0.605. The maximum absolute atomic E-state index is 13.0. The fraction of sp³-hybridized carbons (Fsp3) is 0.417. The average Bonchev–Trinajstić information content (AvgIpc) is 2.28. The van der Waals surface area contributed by atoms with Gasteiger partial charge in [-0.25, -0.2) is 4.39 Å². The van der Waals surface area contributed by atoms with Crippen molar-refractivity contribution in [3.05, 3.63) is 34.1 Å². The Morgan fingerprint density at radius 2 is 2.18 bits per heavy atom. The van der Waals surface area contributed by atoms with Crippen LogP contribution >= 0.6 is 15.9 Å². The van der Waals surface area contributed by atoms with Crippen molar-refractivity contribution in [1.82, 2.24) is 5.32 Å². The second-order valence-corrected chi connectivity index (χ2v) is 5.00. The lowest BCUT2D eigenvalue weighted by Gasteiger charge is -2.15. The monoisotopic (exact) mass is 303 g/mol. The smallest absolute Gasteiger partial charge is 0.252 e. The predicted molar refractivity (Wildman–Crippen MR) is 67.3 cm³/mol. The fourth-order valence-electron chi connectivity index (χ4n) is 1.20. The van der Waals surface area contributed by atoms with E-state index >= 15 is 0 Å². The molecule has 0 saturated heterocycles. The largest absolute Gasteiger partial charge is 0.391 e. The maximum Gasteiger partial charge on any atom is 0.252 e. The molecule has 1 aromatic carbocycles. The van der Waals surface area contributed by atoms with Gasteiger partial charge in [0.15, 0.2) is 0 Å². The molecule has 17 heavy (non-hydrogen) atoms. The Kier molecular flexibility index (Phi) is 5.08. The summed E-state index contributed by atoms with van der Waals surface area (Å²) >= 11 is 3.18. The molecule has 0 aliphatic rings. The first-order chi connectivity index (χ1) is 7.91. The minimum Gasteiger partial charge on any atom is -0.391 e. The van der Waals surface area contributed by atoms with Crippen LogP contribution < -0.4 is 5.32 Å². The van der Waals surface area contributed by atoms with Crippen molar-refractivity contribution in [2.75, 3.05) is 6.54 Å². The number of nitrogens with one attached hydrogen (secondary N) is 1. The van der Waals surface area contributed by atoms with Crippen LogP contribution in [-0.4, -0.2) is 23.7 Å². The van der Waals surface area contributed by atoms with Crippen molar-refractivity contribution in [2.24, 2.45) is 5.92 Å². The van der Waals surface area contributed by atoms with Crippen LogP contribution in [0.4, 0.5) is 4.39 Å². The van der Waals surface area contributed by atoms with E-state index in [4.69, 9.17) is 0 Å². The molecule has 1 amide bonds. The van der Waals surface area contributed by atoms with Crippen LogP contribution in [0.15, 0.2) is 22.7 Å². The zero-order valence-corrected chi connectivity index (χ0v) is 11.3. The summed E-state index contributed by atoms with van der Waals surface area (Å²) in [5.74, 6) is -0.815. The zero-order chi connectivity index (χ0) is 13.0. The topological polar surface area (TPSA) is 49.3 Å². The normalized spacial score (nSPS) is 12.6. The highest BCUT2D eigenvalue weighted by Crippen LogP contribution is 2.17. The van der Waals surface area contributed by atoms with Gasteiger partial charge in [0.1, 0.15) is 5.82 Å². The van der Waals surface area contributed by atoms with Gasteiger partial charge in [-0.1, -0.05) is 13.8 Å². The Balaban J connectivity index is 2.67. The SMILES string of the molecule is CC(C)C(O)CNC(=O)c1cc(F)ccc1Br. The Morgan fingerprint density at radius 3 is 2.76 bits per heavy atom. The van der Waals surface area contributed by atoms with E-state index in [1.54, 1.807) is 0 Å². The number of benzene rings is 1. The van der Waals surface area contributed by atoms with Crippen molar-refractivity contribution in [3.63, 3.8) is 0 Å². The molecule has 1 rings (SSSR count). The van der Waals surface area contributed by atoms with Gasteiger partial charge in [-0.05, 0) is 40.0 Å². The van der Waals surface area contributed by atoms with Gasteiger partial charge >= 0.3 is 0 Å². The molecule has 2 N–H and O–H groups in total. The van der Waals surface area contributed by atoms with Crippen molar-refractivity contribution in [3.8, 4) is 0 Å². The molecule has 3 nitrogen and oxygen atoms in total. The number of halogens is 2. The molecular formula is C12H15BrFNO2. The second kappa shape index (κ2) is 6.12. The lowest BCUT2D eigenvalue weighted by atomic mass is 10.1. The minimum atomic E-state index is -0.605. The first-order valence-corrected chi connectivity index (χ1v) is 6.12. The number of amides is 1. The van der Waals surface area contributed by atoms with E-state index in [1.165, 1.54) is 12.1 Å². The molecule has 1 unspecified atom stereocenters. The molecule has 0 heterocycles. The Bertz CT molecular complexity index is 409. The van der Waals surface area contributed by atoms with Crippen LogP contribution in [0.25, 0.3) is 0 Å². The van der Waals surface area contributed by atoms with E-state index in [0.29, 0.717) is 4.47 Å². The maximum atomic E-state index is 13.0. The van der Waals surface area contributed by atoms with Gasteiger partial charge < -0.3 is 10.4 Å². The quantitative estimate of drug-likeness (QED) is 0.897. The Morgan fingerprint density at radius 1 is 1.53 bits per heavy atom. The van der Waals surface area contributed by atoms with Gasteiger partial charge in [0.2, 0.25) is 0 Å². The van der Waals surface area contributed by atoms with Gasteiger partial charge in [0, 0.05) is 11.0 Å². The number of carbonyl (C=O) groups is 1. The number of carbonyl (C=O) groups excluding carboxylic acids is 1. The Hall–Kier alpha value is -0.940. The first-order valence-electron chi connectivity index (χ1n) is 5.33. The van der Waals surface area contributed by atoms with Crippen LogP contribution in [0.3, 0.4) is 0 Å². The van der Waals surface area contributed by atoms with E-state index in [1.807, 2.05) is 13.8 Å². The summed E-state index contributed by atoms with van der Waals surface area (Å²) in [6.45, 7) is 3.86. The molecule has 0 aliphatic carbocycles.